The predicted octanol–water partition coefficient (Wildman–Crippen LogP) is 2.41. The number of hydrogen-bond acceptors (Lipinski definition) is 4. The quantitative estimate of drug-likeness (QED) is 0.818. The second kappa shape index (κ2) is 7.64. The third kappa shape index (κ3) is 6.27. The van der Waals surface area contributed by atoms with Gasteiger partial charge in [0.1, 0.15) is 5.60 Å². The van der Waals surface area contributed by atoms with Crippen LogP contribution in [0, 0.1) is 0 Å². The molecule has 0 aromatic heterocycles. The van der Waals surface area contributed by atoms with Gasteiger partial charge in [-0.15, -0.1) is 0 Å². The number of carbonyl (C=O) groups excluding carboxylic acids is 2. The molecule has 116 valence electrons. The molecule has 1 aromatic carbocycles. The molecule has 6 heteroatoms. The van der Waals surface area contributed by atoms with Gasteiger partial charge in [0.15, 0.2) is 0 Å². The van der Waals surface area contributed by atoms with E-state index < -0.39 is 11.7 Å². The van der Waals surface area contributed by atoms with Gasteiger partial charge in [-0.05, 0) is 32.9 Å². The van der Waals surface area contributed by atoms with Crippen molar-refractivity contribution < 1.29 is 19.1 Å². The summed E-state index contributed by atoms with van der Waals surface area (Å²) in [4.78, 5) is 23.8. The zero-order chi connectivity index (χ0) is 15.9. The Bertz CT molecular complexity index is 495. The van der Waals surface area contributed by atoms with E-state index in [1.54, 1.807) is 52.1 Å². The second-order valence-electron chi connectivity index (χ2n) is 5.42. The van der Waals surface area contributed by atoms with Crippen molar-refractivity contribution in [2.75, 3.05) is 25.6 Å². The van der Waals surface area contributed by atoms with E-state index in [1.807, 2.05) is 0 Å². The van der Waals surface area contributed by atoms with Crippen LogP contribution >= 0.6 is 0 Å². The fourth-order valence-electron chi connectivity index (χ4n) is 1.57. The zero-order valence-electron chi connectivity index (χ0n) is 12.9. The van der Waals surface area contributed by atoms with Gasteiger partial charge in [0.25, 0.3) is 5.91 Å². The molecular weight excluding hydrogens is 272 g/mol. The third-order valence-electron chi connectivity index (χ3n) is 2.40. The van der Waals surface area contributed by atoms with Gasteiger partial charge >= 0.3 is 6.09 Å². The minimum Gasteiger partial charge on any atom is -0.444 e. The van der Waals surface area contributed by atoms with Crippen LogP contribution in [0.25, 0.3) is 0 Å². The Morgan fingerprint density at radius 3 is 2.48 bits per heavy atom. The monoisotopic (exact) mass is 294 g/mol. The number of carbonyl (C=O) groups is 2. The number of benzene rings is 1. The number of amides is 2. The molecule has 0 aliphatic heterocycles. The molecule has 0 saturated heterocycles. The predicted molar refractivity (Wildman–Crippen MR) is 80.5 cm³/mol. The molecule has 1 aromatic rings. The van der Waals surface area contributed by atoms with E-state index in [0.717, 1.165) is 0 Å². The van der Waals surface area contributed by atoms with Crippen molar-refractivity contribution in [3.63, 3.8) is 0 Å². The van der Waals surface area contributed by atoms with Crippen molar-refractivity contribution in [1.29, 1.82) is 0 Å². The van der Waals surface area contributed by atoms with Crippen molar-refractivity contribution in [1.82, 2.24) is 5.32 Å². The summed E-state index contributed by atoms with van der Waals surface area (Å²) in [6.45, 7) is 6.14. The Labute approximate surface area is 124 Å². The SMILES string of the molecule is COCCNC(=O)c1ccccc1NC(=O)OC(C)(C)C. The molecule has 2 amide bonds. The Kier molecular flexibility index (Phi) is 6.17. The number of rotatable bonds is 5. The highest BCUT2D eigenvalue weighted by molar-refractivity contribution is 6.02. The highest BCUT2D eigenvalue weighted by Gasteiger charge is 2.18. The van der Waals surface area contributed by atoms with Gasteiger partial charge in [-0.1, -0.05) is 12.1 Å². The molecule has 0 atom stereocenters. The Morgan fingerprint density at radius 1 is 1.19 bits per heavy atom. The molecule has 2 N–H and O–H groups in total. The Hall–Kier alpha value is -2.08. The largest absolute Gasteiger partial charge is 0.444 e. The van der Waals surface area contributed by atoms with Gasteiger partial charge in [-0.3, -0.25) is 10.1 Å². The summed E-state index contributed by atoms with van der Waals surface area (Å²) in [7, 11) is 1.56. The lowest BCUT2D eigenvalue weighted by Crippen LogP contribution is -2.30. The summed E-state index contributed by atoms with van der Waals surface area (Å²) in [5.74, 6) is -0.279. The number of para-hydroxylation sites is 1. The lowest BCUT2D eigenvalue weighted by Gasteiger charge is -2.20. The second-order valence-corrected chi connectivity index (χ2v) is 5.42. The molecule has 0 heterocycles. The fraction of sp³-hybridized carbons (Fsp3) is 0.467. The molecule has 6 nitrogen and oxygen atoms in total. The summed E-state index contributed by atoms with van der Waals surface area (Å²) < 4.78 is 10.0. The van der Waals surface area contributed by atoms with Crippen LogP contribution < -0.4 is 10.6 Å². The van der Waals surface area contributed by atoms with Crippen LogP contribution in [-0.2, 0) is 9.47 Å². The summed E-state index contributed by atoms with van der Waals surface area (Å²) in [5.41, 5.74) is 0.181. The highest BCUT2D eigenvalue weighted by atomic mass is 16.6. The van der Waals surface area contributed by atoms with Gasteiger partial charge < -0.3 is 14.8 Å². The van der Waals surface area contributed by atoms with E-state index in [0.29, 0.717) is 24.4 Å². The van der Waals surface area contributed by atoms with Crippen LogP contribution in [-0.4, -0.2) is 37.9 Å². The van der Waals surface area contributed by atoms with Crippen molar-refractivity contribution >= 4 is 17.7 Å². The Morgan fingerprint density at radius 2 is 1.86 bits per heavy atom. The molecule has 0 aliphatic carbocycles. The van der Waals surface area contributed by atoms with Crippen molar-refractivity contribution in [3.05, 3.63) is 29.8 Å². The third-order valence-corrected chi connectivity index (χ3v) is 2.40. The van der Waals surface area contributed by atoms with Crippen LogP contribution in [0.4, 0.5) is 10.5 Å². The number of nitrogens with one attached hydrogen (secondary N) is 2. The van der Waals surface area contributed by atoms with Crippen molar-refractivity contribution in [2.45, 2.75) is 26.4 Å². The summed E-state index contributed by atoms with van der Waals surface area (Å²) in [6, 6.07) is 6.74. The van der Waals surface area contributed by atoms with Crippen LogP contribution in [0.3, 0.4) is 0 Å². The molecule has 0 unspecified atom stereocenters. The molecule has 0 bridgehead atoms. The molecule has 0 radical (unpaired) electrons. The van der Waals surface area contributed by atoms with Gasteiger partial charge in [-0.25, -0.2) is 4.79 Å². The molecular formula is C15H22N2O4. The first-order valence-electron chi connectivity index (χ1n) is 6.69. The maximum absolute atomic E-state index is 12.0. The minimum atomic E-state index is -0.598. The van der Waals surface area contributed by atoms with Gasteiger partial charge in [-0.2, -0.15) is 0 Å². The van der Waals surface area contributed by atoms with Gasteiger partial charge in [0.2, 0.25) is 0 Å². The van der Waals surface area contributed by atoms with Crippen LogP contribution in [0.5, 0.6) is 0 Å². The van der Waals surface area contributed by atoms with E-state index in [9.17, 15) is 9.59 Å². The smallest absolute Gasteiger partial charge is 0.412 e. The van der Waals surface area contributed by atoms with Crippen molar-refractivity contribution in [2.24, 2.45) is 0 Å². The van der Waals surface area contributed by atoms with E-state index in [-0.39, 0.29) is 5.91 Å². The molecule has 1 rings (SSSR count). The zero-order valence-corrected chi connectivity index (χ0v) is 12.9. The van der Waals surface area contributed by atoms with E-state index in [4.69, 9.17) is 9.47 Å². The highest BCUT2D eigenvalue weighted by Crippen LogP contribution is 2.16. The minimum absolute atomic E-state index is 0.279. The number of methoxy groups -OCH3 is 1. The lowest BCUT2D eigenvalue weighted by atomic mass is 10.1. The van der Waals surface area contributed by atoms with Crippen LogP contribution in [0.15, 0.2) is 24.3 Å². The van der Waals surface area contributed by atoms with Crippen LogP contribution in [0.1, 0.15) is 31.1 Å². The number of anilines is 1. The number of ether oxygens (including phenoxy) is 2. The summed E-state index contributed by atoms with van der Waals surface area (Å²) in [5, 5.41) is 5.29. The maximum atomic E-state index is 12.0. The van der Waals surface area contributed by atoms with E-state index in [2.05, 4.69) is 10.6 Å². The average Bonchev–Trinajstić information content (AvgIpc) is 2.37. The van der Waals surface area contributed by atoms with Crippen molar-refractivity contribution in [3.8, 4) is 0 Å². The molecule has 0 spiro atoms. The molecule has 0 saturated carbocycles. The average molecular weight is 294 g/mol. The number of hydrogen-bond donors (Lipinski definition) is 2. The van der Waals surface area contributed by atoms with Gasteiger partial charge in [0, 0.05) is 13.7 Å². The summed E-state index contributed by atoms with van der Waals surface area (Å²) >= 11 is 0. The van der Waals surface area contributed by atoms with E-state index >= 15 is 0 Å². The topological polar surface area (TPSA) is 76.7 Å². The molecule has 21 heavy (non-hydrogen) atoms. The normalized spacial score (nSPS) is 10.9. The first-order chi connectivity index (χ1) is 9.83. The maximum Gasteiger partial charge on any atom is 0.412 e. The molecule has 0 aliphatic rings. The Balaban J connectivity index is 2.75. The van der Waals surface area contributed by atoms with Crippen LogP contribution in [0.2, 0.25) is 0 Å². The lowest BCUT2D eigenvalue weighted by molar-refractivity contribution is 0.0636. The first-order valence-corrected chi connectivity index (χ1v) is 6.69. The standard InChI is InChI=1S/C15H22N2O4/c1-15(2,3)21-14(19)17-12-8-6-5-7-11(12)13(18)16-9-10-20-4/h5-8H,9-10H2,1-4H3,(H,16,18)(H,17,19). The fourth-order valence-corrected chi connectivity index (χ4v) is 1.57. The van der Waals surface area contributed by atoms with Gasteiger partial charge in [0.05, 0.1) is 17.9 Å². The first kappa shape index (κ1) is 17.0. The molecule has 0 fully saturated rings. The summed E-state index contributed by atoms with van der Waals surface area (Å²) in [6.07, 6.45) is -0.598. The van der Waals surface area contributed by atoms with E-state index in [1.165, 1.54) is 0 Å².